The molecular weight excluding hydrogens is 176 g/mol. The van der Waals surface area contributed by atoms with Crippen LogP contribution >= 0.6 is 0 Å². The summed E-state index contributed by atoms with van der Waals surface area (Å²) in [6.07, 6.45) is 3.44. The van der Waals surface area contributed by atoms with Gasteiger partial charge in [0.2, 0.25) is 0 Å². The first-order valence-corrected chi connectivity index (χ1v) is 5.38. The minimum atomic E-state index is 0.278. The summed E-state index contributed by atoms with van der Waals surface area (Å²) in [5, 5.41) is 4.03. The van der Waals surface area contributed by atoms with Crippen molar-refractivity contribution in [1.29, 1.82) is 0 Å². The predicted molar refractivity (Wildman–Crippen MR) is 55.0 cm³/mol. The Hall–Kier alpha value is -0.830. The Morgan fingerprint density at radius 1 is 1.57 bits per heavy atom. The second-order valence-electron chi connectivity index (χ2n) is 4.58. The van der Waals surface area contributed by atoms with Gasteiger partial charge in [0, 0.05) is 24.4 Å². The summed E-state index contributed by atoms with van der Waals surface area (Å²) >= 11 is 0. The zero-order valence-electron chi connectivity index (χ0n) is 8.86. The van der Waals surface area contributed by atoms with E-state index in [1.165, 1.54) is 12.8 Å². The largest absolute Gasteiger partial charge is 0.361 e. The van der Waals surface area contributed by atoms with E-state index in [4.69, 9.17) is 10.3 Å². The van der Waals surface area contributed by atoms with E-state index >= 15 is 0 Å². The standard InChI is InChI=1S/C11H18N2O/c1-7(2)11-6-9(13-14-11)5-10(12)8-3-4-8/h6-8,10H,3-5,12H2,1-2H3. The van der Waals surface area contributed by atoms with Gasteiger partial charge < -0.3 is 10.3 Å². The lowest BCUT2D eigenvalue weighted by Crippen LogP contribution is -2.25. The molecule has 1 aliphatic rings. The Balaban J connectivity index is 1.95. The molecule has 2 N–H and O–H groups in total. The number of hydrogen-bond donors (Lipinski definition) is 1. The third kappa shape index (κ3) is 2.15. The molecule has 1 aromatic rings. The van der Waals surface area contributed by atoms with E-state index in [0.717, 1.165) is 23.8 Å². The molecular formula is C11H18N2O. The quantitative estimate of drug-likeness (QED) is 0.798. The third-order valence-corrected chi connectivity index (χ3v) is 2.82. The number of rotatable bonds is 4. The van der Waals surface area contributed by atoms with E-state index in [1.54, 1.807) is 0 Å². The monoisotopic (exact) mass is 194 g/mol. The molecule has 14 heavy (non-hydrogen) atoms. The van der Waals surface area contributed by atoms with E-state index in [2.05, 4.69) is 19.0 Å². The summed E-state index contributed by atoms with van der Waals surface area (Å²) in [6.45, 7) is 4.20. The van der Waals surface area contributed by atoms with Gasteiger partial charge in [-0.15, -0.1) is 0 Å². The van der Waals surface area contributed by atoms with Crippen molar-refractivity contribution in [2.45, 2.75) is 45.1 Å². The van der Waals surface area contributed by atoms with Gasteiger partial charge in [0.1, 0.15) is 5.76 Å². The molecule has 1 aliphatic carbocycles. The van der Waals surface area contributed by atoms with Crippen molar-refractivity contribution in [2.75, 3.05) is 0 Å². The molecule has 0 aliphatic heterocycles. The van der Waals surface area contributed by atoms with Crippen LogP contribution in [0.25, 0.3) is 0 Å². The Kier molecular flexibility index (Phi) is 2.59. The third-order valence-electron chi connectivity index (χ3n) is 2.82. The molecule has 0 saturated heterocycles. The van der Waals surface area contributed by atoms with Crippen LogP contribution in [-0.2, 0) is 6.42 Å². The number of aromatic nitrogens is 1. The molecule has 1 aromatic heterocycles. The fraction of sp³-hybridized carbons (Fsp3) is 0.727. The molecule has 3 heteroatoms. The highest BCUT2D eigenvalue weighted by Gasteiger charge is 2.29. The predicted octanol–water partition coefficient (Wildman–Crippen LogP) is 2.08. The van der Waals surface area contributed by atoms with Gasteiger partial charge in [-0.25, -0.2) is 0 Å². The maximum atomic E-state index is 6.01. The van der Waals surface area contributed by atoms with Crippen molar-refractivity contribution >= 4 is 0 Å². The summed E-state index contributed by atoms with van der Waals surface area (Å²) in [6, 6.07) is 2.31. The van der Waals surface area contributed by atoms with Crippen LogP contribution in [0.4, 0.5) is 0 Å². The maximum absolute atomic E-state index is 6.01. The van der Waals surface area contributed by atoms with Gasteiger partial charge in [0.25, 0.3) is 0 Å². The highest BCUT2D eigenvalue weighted by atomic mass is 16.5. The van der Waals surface area contributed by atoms with Crippen LogP contribution in [0.3, 0.4) is 0 Å². The van der Waals surface area contributed by atoms with Crippen LogP contribution in [0.5, 0.6) is 0 Å². The number of nitrogens with two attached hydrogens (primary N) is 1. The van der Waals surface area contributed by atoms with Crippen molar-refractivity contribution in [2.24, 2.45) is 11.7 Å². The summed E-state index contributed by atoms with van der Waals surface area (Å²) < 4.78 is 5.22. The zero-order chi connectivity index (χ0) is 10.1. The fourth-order valence-electron chi connectivity index (χ4n) is 1.63. The van der Waals surface area contributed by atoms with E-state index in [-0.39, 0.29) is 6.04 Å². The Morgan fingerprint density at radius 2 is 2.29 bits per heavy atom. The van der Waals surface area contributed by atoms with Crippen LogP contribution in [0.15, 0.2) is 10.6 Å². The van der Waals surface area contributed by atoms with Crippen LogP contribution in [0.1, 0.15) is 44.1 Å². The van der Waals surface area contributed by atoms with Crippen LogP contribution in [-0.4, -0.2) is 11.2 Å². The molecule has 0 bridgehead atoms. The first-order chi connectivity index (χ1) is 6.66. The average molecular weight is 194 g/mol. The SMILES string of the molecule is CC(C)c1cc(CC(N)C2CC2)no1. The highest BCUT2D eigenvalue weighted by Crippen LogP contribution is 2.32. The summed E-state index contributed by atoms with van der Waals surface area (Å²) in [5.74, 6) is 2.10. The van der Waals surface area contributed by atoms with Gasteiger partial charge in [-0.2, -0.15) is 0 Å². The highest BCUT2D eigenvalue weighted by molar-refractivity contribution is 5.10. The van der Waals surface area contributed by atoms with Gasteiger partial charge in [0.05, 0.1) is 5.69 Å². The van der Waals surface area contributed by atoms with Gasteiger partial charge >= 0.3 is 0 Å². The molecule has 0 amide bonds. The topological polar surface area (TPSA) is 52.0 Å². The van der Waals surface area contributed by atoms with Crippen LogP contribution < -0.4 is 5.73 Å². The van der Waals surface area contributed by atoms with Gasteiger partial charge in [-0.1, -0.05) is 19.0 Å². The van der Waals surface area contributed by atoms with Gasteiger partial charge in [0.15, 0.2) is 0 Å². The lowest BCUT2D eigenvalue weighted by atomic mass is 10.1. The van der Waals surface area contributed by atoms with E-state index in [9.17, 15) is 0 Å². The van der Waals surface area contributed by atoms with Crippen molar-refractivity contribution < 1.29 is 4.52 Å². The Morgan fingerprint density at radius 3 is 2.79 bits per heavy atom. The molecule has 1 saturated carbocycles. The van der Waals surface area contributed by atoms with Crippen molar-refractivity contribution in [1.82, 2.24) is 5.16 Å². The molecule has 1 atom stereocenters. The lowest BCUT2D eigenvalue weighted by Gasteiger charge is -2.05. The van der Waals surface area contributed by atoms with Crippen LogP contribution in [0.2, 0.25) is 0 Å². The molecule has 3 nitrogen and oxygen atoms in total. The van der Waals surface area contributed by atoms with E-state index < -0.39 is 0 Å². The number of nitrogens with zero attached hydrogens (tertiary/aromatic N) is 1. The molecule has 2 rings (SSSR count). The molecule has 0 radical (unpaired) electrons. The molecule has 1 heterocycles. The second kappa shape index (κ2) is 3.73. The summed E-state index contributed by atoms with van der Waals surface area (Å²) in [7, 11) is 0. The number of hydrogen-bond acceptors (Lipinski definition) is 3. The molecule has 0 aromatic carbocycles. The van der Waals surface area contributed by atoms with Crippen LogP contribution in [0, 0.1) is 5.92 Å². The van der Waals surface area contributed by atoms with Crippen molar-refractivity contribution in [3.05, 3.63) is 17.5 Å². The molecule has 0 spiro atoms. The minimum Gasteiger partial charge on any atom is -0.361 e. The van der Waals surface area contributed by atoms with Crippen molar-refractivity contribution in [3.8, 4) is 0 Å². The Labute approximate surface area is 84.7 Å². The summed E-state index contributed by atoms with van der Waals surface area (Å²) in [5.41, 5.74) is 7.02. The second-order valence-corrected chi connectivity index (χ2v) is 4.58. The van der Waals surface area contributed by atoms with E-state index in [1.807, 2.05) is 6.07 Å². The normalized spacial score (nSPS) is 18.9. The van der Waals surface area contributed by atoms with Crippen molar-refractivity contribution in [3.63, 3.8) is 0 Å². The first kappa shape index (κ1) is 9.71. The average Bonchev–Trinajstić information content (AvgIpc) is 2.87. The van der Waals surface area contributed by atoms with Gasteiger partial charge in [-0.05, 0) is 18.8 Å². The van der Waals surface area contributed by atoms with Gasteiger partial charge in [-0.3, -0.25) is 0 Å². The first-order valence-electron chi connectivity index (χ1n) is 5.38. The Bertz CT molecular complexity index is 302. The smallest absolute Gasteiger partial charge is 0.139 e. The van der Waals surface area contributed by atoms with E-state index in [0.29, 0.717) is 5.92 Å². The molecule has 78 valence electrons. The zero-order valence-corrected chi connectivity index (χ0v) is 8.86. The molecule has 1 fully saturated rings. The summed E-state index contributed by atoms with van der Waals surface area (Å²) in [4.78, 5) is 0. The minimum absolute atomic E-state index is 0.278. The fourth-order valence-corrected chi connectivity index (χ4v) is 1.63. The molecule has 1 unspecified atom stereocenters. The lowest BCUT2D eigenvalue weighted by molar-refractivity contribution is 0.363. The maximum Gasteiger partial charge on any atom is 0.139 e.